The summed E-state index contributed by atoms with van der Waals surface area (Å²) in [7, 11) is 0. The summed E-state index contributed by atoms with van der Waals surface area (Å²) in [6.45, 7) is 5.49. The largest absolute Gasteiger partial charge is 0.371 e. The molecule has 0 saturated carbocycles. The maximum absolute atomic E-state index is 12.6. The first kappa shape index (κ1) is 20.6. The number of anilines is 2. The predicted molar refractivity (Wildman–Crippen MR) is 119 cm³/mol. The van der Waals surface area contributed by atoms with Gasteiger partial charge in [0.25, 0.3) is 5.91 Å². The average molecular weight is 419 g/mol. The number of carbonyl (C=O) groups is 2. The number of aryl methyl sites for hydroxylation is 2. The van der Waals surface area contributed by atoms with Crippen molar-refractivity contribution in [2.24, 2.45) is 11.7 Å². The molecule has 31 heavy (non-hydrogen) atoms. The van der Waals surface area contributed by atoms with Gasteiger partial charge in [0.05, 0.1) is 11.3 Å². The molecular formula is C23H26N6O2. The topological polar surface area (TPSA) is 106 Å². The lowest BCUT2D eigenvalue weighted by atomic mass is 9.96. The van der Waals surface area contributed by atoms with E-state index in [1.165, 1.54) is 0 Å². The van der Waals surface area contributed by atoms with Gasteiger partial charge in [0.15, 0.2) is 5.82 Å². The van der Waals surface area contributed by atoms with Crippen molar-refractivity contribution < 1.29 is 9.59 Å². The first-order valence-corrected chi connectivity index (χ1v) is 10.4. The molecule has 0 radical (unpaired) electrons. The molecule has 2 amide bonds. The summed E-state index contributed by atoms with van der Waals surface area (Å²) in [6, 6.07) is 13.2. The molecule has 2 aromatic heterocycles. The lowest BCUT2D eigenvalue weighted by molar-refractivity contribution is -0.122. The zero-order valence-electron chi connectivity index (χ0n) is 17.7. The van der Waals surface area contributed by atoms with Crippen LogP contribution < -0.4 is 16.0 Å². The van der Waals surface area contributed by atoms with E-state index in [-0.39, 0.29) is 17.7 Å². The Bertz CT molecular complexity index is 1080. The van der Waals surface area contributed by atoms with Gasteiger partial charge in [0.2, 0.25) is 5.91 Å². The zero-order chi connectivity index (χ0) is 22.0. The monoisotopic (exact) mass is 418 g/mol. The lowest BCUT2D eigenvalue weighted by Crippen LogP contribution is -2.38. The standard InChI is InChI=1S/C23H26N6O2/c1-15-13-16(2)29(27-15)21-8-3-18(14-25-21)23(31)26-19-4-6-20(7-5-19)28-11-9-17(10-12-28)22(24)30/h3-8,13-14,17H,9-12H2,1-2H3,(H2,24,30)(H,26,31). The van der Waals surface area contributed by atoms with Crippen molar-refractivity contribution in [1.29, 1.82) is 0 Å². The third-order valence-corrected chi connectivity index (χ3v) is 5.62. The number of aromatic nitrogens is 3. The van der Waals surface area contributed by atoms with Crippen LogP contribution in [-0.2, 0) is 4.79 Å². The number of nitrogens with two attached hydrogens (primary N) is 1. The van der Waals surface area contributed by atoms with Gasteiger partial charge in [-0.15, -0.1) is 0 Å². The van der Waals surface area contributed by atoms with Crippen molar-refractivity contribution in [2.75, 3.05) is 23.3 Å². The molecule has 3 heterocycles. The maximum Gasteiger partial charge on any atom is 0.257 e. The Kier molecular flexibility index (Phi) is 5.70. The first-order chi connectivity index (χ1) is 14.9. The summed E-state index contributed by atoms with van der Waals surface area (Å²) >= 11 is 0. The SMILES string of the molecule is Cc1cc(C)n(-c2ccc(C(=O)Nc3ccc(N4CCC(C(N)=O)CC4)cc3)cn2)n1. The first-order valence-electron chi connectivity index (χ1n) is 10.4. The molecule has 8 nitrogen and oxygen atoms in total. The molecule has 1 fully saturated rings. The van der Waals surface area contributed by atoms with E-state index < -0.39 is 0 Å². The fourth-order valence-electron chi connectivity index (χ4n) is 3.89. The minimum atomic E-state index is -0.220. The number of amides is 2. The third-order valence-electron chi connectivity index (χ3n) is 5.62. The lowest BCUT2D eigenvalue weighted by Gasteiger charge is -2.32. The van der Waals surface area contributed by atoms with Crippen LogP contribution in [0.4, 0.5) is 11.4 Å². The molecule has 8 heteroatoms. The summed E-state index contributed by atoms with van der Waals surface area (Å²) in [6.07, 6.45) is 3.10. The van der Waals surface area contributed by atoms with Gasteiger partial charge in [-0.1, -0.05) is 0 Å². The van der Waals surface area contributed by atoms with Crippen LogP contribution in [0.3, 0.4) is 0 Å². The quantitative estimate of drug-likeness (QED) is 0.663. The number of pyridine rings is 1. The number of piperidine rings is 1. The van der Waals surface area contributed by atoms with Crippen LogP contribution in [0.25, 0.3) is 5.82 Å². The molecule has 0 bridgehead atoms. The van der Waals surface area contributed by atoms with Crippen LogP contribution in [0.5, 0.6) is 0 Å². The van der Waals surface area contributed by atoms with Gasteiger partial charge in [-0.05, 0) is 69.2 Å². The number of benzene rings is 1. The van der Waals surface area contributed by atoms with Gasteiger partial charge >= 0.3 is 0 Å². The molecule has 0 unspecified atom stereocenters. The van der Waals surface area contributed by atoms with Crippen LogP contribution in [0, 0.1) is 19.8 Å². The minimum absolute atomic E-state index is 0.0314. The van der Waals surface area contributed by atoms with E-state index in [1.54, 1.807) is 23.0 Å². The number of primary amides is 1. The van der Waals surface area contributed by atoms with Gasteiger partial charge in [-0.25, -0.2) is 9.67 Å². The average Bonchev–Trinajstić information content (AvgIpc) is 3.12. The summed E-state index contributed by atoms with van der Waals surface area (Å²) in [5, 5.41) is 7.31. The molecule has 0 spiro atoms. The van der Waals surface area contributed by atoms with E-state index in [4.69, 9.17) is 5.73 Å². The number of carbonyl (C=O) groups excluding carboxylic acids is 2. The minimum Gasteiger partial charge on any atom is -0.371 e. The number of nitrogens with one attached hydrogen (secondary N) is 1. The van der Waals surface area contributed by atoms with Crippen molar-refractivity contribution in [1.82, 2.24) is 14.8 Å². The fraction of sp³-hybridized carbons (Fsp3) is 0.304. The van der Waals surface area contributed by atoms with Crippen LogP contribution in [0.1, 0.15) is 34.6 Å². The number of nitrogens with zero attached hydrogens (tertiary/aromatic N) is 4. The predicted octanol–water partition coefficient (Wildman–Crippen LogP) is 2.84. The van der Waals surface area contributed by atoms with Crippen molar-refractivity contribution in [3.8, 4) is 5.82 Å². The Labute approximate surface area is 181 Å². The normalized spacial score (nSPS) is 14.5. The Balaban J connectivity index is 1.37. The van der Waals surface area contributed by atoms with Gasteiger partial charge in [-0.3, -0.25) is 9.59 Å². The highest BCUT2D eigenvalue weighted by atomic mass is 16.2. The van der Waals surface area contributed by atoms with E-state index in [1.807, 2.05) is 44.2 Å². The second-order valence-corrected chi connectivity index (χ2v) is 7.91. The van der Waals surface area contributed by atoms with Crippen LogP contribution in [-0.4, -0.2) is 39.7 Å². The highest BCUT2D eigenvalue weighted by molar-refractivity contribution is 6.04. The number of hydrogen-bond acceptors (Lipinski definition) is 5. The van der Waals surface area contributed by atoms with E-state index >= 15 is 0 Å². The summed E-state index contributed by atoms with van der Waals surface area (Å²) in [5.41, 5.74) is 9.56. The molecule has 0 aliphatic carbocycles. The summed E-state index contributed by atoms with van der Waals surface area (Å²) in [4.78, 5) is 30.5. The van der Waals surface area contributed by atoms with E-state index in [0.29, 0.717) is 17.1 Å². The summed E-state index contributed by atoms with van der Waals surface area (Å²) < 4.78 is 1.75. The molecule has 1 aliphatic heterocycles. The van der Waals surface area contributed by atoms with Crippen LogP contribution in [0.15, 0.2) is 48.7 Å². The maximum atomic E-state index is 12.6. The van der Waals surface area contributed by atoms with Gasteiger partial charge < -0.3 is 16.0 Å². The number of rotatable bonds is 5. The van der Waals surface area contributed by atoms with E-state index in [0.717, 1.165) is 43.0 Å². The highest BCUT2D eigenvalue weighted by Crippen LogP contribution is 2.24. The van der Waals surface area contributed by atoms with E-state index in [2.05, 4.69) is 20.3 Å². The summed E-state index contributed by atoms with van der Waals surface area (Å²) in [5.74, 6) is 0.209. The Hall–Kier alpha value is -3.68. The highest BCUT2D eigenvalue weighted by Gasteiger charge is 2.23. The molecule has 3 aromatic rings. The van der Waals surface area contributed by atoms with Crippen molar-refractivity contribution in [2.45, 2.75) is 26.7 Å². The van der Waals surface area contributed by atoms with Crippen molar-refractivity contribution >= 4 is 23.2 Å². The third kappa shape index (κ3) is 4.58. The smallest absolute Gasteiger partial charge is 0.257 e. The van der Waals surface area contributed by atoms with Gasteiger partial charge in [0, 0.05) is 42.3 Å². The second-order valence-electron chi connectivity index (χ2n) is 7.91. The van der Waals surface area contributed by atoms with Crippen molar-refractivity contribution in [3.05, 3.63) is 65.6 Å². The van der Waals surface area contributed by atoms with Gasteiger partial charge in [-0.2, -0.15) is 5.10 Å². The Morgan fingerprint density at radius 3 is 2.32 bits per heavy atom. The fourth-order valence-corrected chi connectivity index (χ4v) is 3.89. The molecule has 1 aromatic carbocycles. The Morgan fingerprint density at radius 2 is 1.77 bits per heavy atom. The molecular weight excluding hydrogens is 392 g/mol. The molecule has 1 aliphatic rings. The van der Waals surface area contributed by atoms with Crippen molar-refractivity contribution in [3.63, 3.8) is 0 Å². The second kappa shape index (κ2) is 8.59. The molecule has 4 rings (SSSR count). The van der Waals surface area contributed by atoms with Crippen LogP contribution in [0.2, 0.25) is 0 Å². The number of hydrogen-bond donors (Lipinski definition) is 2. The Morgan fingerprint density at radius 1 is 1.06 bits per heavy atom. The zero-order valence-corrected chi connectivity index (χ0v) is 17.7. The van der Waals surface area contributed by atoms with E-state index in [9.17, 15) is 9.59 Å². The molecule has 1 saturated heterocycles. The molecule has 160 valence electrons. The molecule has 3 N–H and O–H groups in total. The van der Waals surface area contributed by atoms with Crippen LogP contribution >= 0.6 is 0 Å². The molecule has 0 atom stereocenters. The van der Waals surface area contributed by atoms with Gasteiger partial charge in [0.1, 0.15) is 0 Å².